The smallest absolute Gasteiger partial charge is 0.159 e. The van der Waals surface area contributed by atoms with Crippen LogP contribution in [0.5, 0.6) is 0 Å². The summed E-state index contributed by atoms with van der Waals surface area (Å²) in [7, 11) is -1.73. The molecule has 0 amide bonds. The number of hydrogen-bond donors (Lipinski definition) is 0. The Hall–Kier alpha value is -15.5. The van der Waals surface area contributed by atoms with E-state index in [4.69, 9.17) is 8.83 Å². The molecule has 22 aromatic rings. The van der Waals surface area contributed by atoms with Crippen LogP contribution in [0, 0.1) is 13.8 Å². The van der Waals surface area contributed by atoms with Crippen molar-refractivity contribution >= 4 is 168 Å². The lowest BCUT2D eigenvalue weighted by molar-refractivity contribution is 0.590. The van der Waals surface area contributed by atoms with Crippen molar-refractivity contribution in [2.75, 3.05) is 19.6 Å². The van der Waals surface area contributed by atoms with Crippen molar-refractivity contribution in [1.82, 2.24) is 0 Å². The van der Waals surface area contributed by atoms with Gasteiger partial charge in [-0.2, -0.15) is 0 Å². The fourth-order valence-corrected chi connectivity index (χ4v) is 24.5. The molecule has 2 spiro atoms. The van der Waals surface area contributed by atoms with Crippen LogP contribution in [0.15, 0.2) is 409 Å². The van der Waals surface area contributed by atoms with Crippen LogP contribution in [0.4, 0.5) is 68.2 Å². The number of para-hydroxylation sites is 9. The molecule has 0 unspecified atom stereocenters. The molecule has 618 valence electrons. The minimum absolute atomic E-state index is 0.104. The Balaban J connectivity index is 0.699. The molecular formula is C123H90N4O2Si. The number of hydrogen-bond acceptors (Lipinski definition) is 6. The molecule has 20 aromatic carbocycles. The van der Waals surface area contributed by atoms with Crippen molar-refractivity contribution in [3.05, 3.63) is 462 Å². The Morgan fingerprint density at radius 2 is 0.631 bits per heavy atom. The Bertz CT molecular complexity index is 8460. The van der Waals surface area contributed by atoms with Crippen molar-refractivity contribution in [2.45, 2.75) is 70.5 Å². The Labute approximate surface area is 757 Å². The number of anilines is 12. The Morgan fingerprint density at radius 3 is 1.10 bits per heavy atom. The molecule has 2 aromatic heterocycles. The SMILES string of the molecule is Cc1cccc2c1oc1c(N(c3ccc([Si](C)(C)C)cc3)c3cc4c(c5ccccc35)-c3c(ccc5ccccc35)C43c4ccccc4N(c4ccc(-c5ccc6c7c(cc(N(c8ccc(C(C)(C)C)cc8)c8cccc9c8oc8c(C)cccc89)c6c5)C5(c6ccccc6N(c6ccccc6)c6ccccc65)c5ccc6ccccc6c5-7)cc4)c4ccccc43)cccc12. The quantitative estimate of drug-likeness (QED) is 0.127. The topological polar surface area (TPSA) is 39.2 Å². The molecule has 7 heteroatoms. The lowest BCUT2D eigenvalue weighted by Gasteiger charge is -2.45. The van der Waals surface area contributed by atoms with Crippen molar-refractivity contribution in [3.8, 4) is 33.4 Å². The van der Waals surface area contributed by atoms with Gasteiger partial charge in [0.1, 0.15) is 11.2 Å². The van der Waals surface area contributed by atoms with E-state index in [9.17, 15) is 0 Å². The zero-order chi connectivity index (χ0) is 87.0. The molecule has 130 heavy (non-hydrogen) atoms. The third-order valence-corrected chi connectivity index (χ3v) is 31.2. The Kier molecular flexibility index (Phi) is 16.3. The van der Waals surface area contributed by atoms with Gasteiger partial charge >= 0.3 is 0 Å². The fraction of sp³-hybridized carbons (Fsp3) is 0.0894. The van der Waals surface area contributed by atoms with Crippen molar-refractivity contribution in [3.63, 3.8) is 0 Å². The number of aryl methyl sites for hydroxylation is 2. The fourth-order valence-electron chi connectivity index (χ4n) is 23.3. The van der Waals surface area contributed by atoms with Gasteiger partial charge in [-0.3, -0.25) is 0 Å². The molecule has 26 rings (SSSR count). The normalized spacial score (nSPS) is 13.8. The summed E-state index contributed by atoms with van der Waals surface area (Å²) in [5, 5.41) is 15.2. The zero-order valence-electron chi connectivity index (χ0n) is 73.7. The molecule has 0 N–H and O–H groups in total. The second kappa shape index (κ2) is 28.0. The van der Waals surface area contributed by atoms with E-state index >= 15 is 0 Å². The third-order valence-electron chi connectivity index (χ3n) is 29.1. The van der Waals surface area contributed by atoms with Crippen molar-refractivity contribution in [2.24, 2.45) is 0 Å². The van der Waals surface area contributed by atoms with Crippen LogP contribution in [0.25, 0.3) is 120 Å². The highest BCUT2D eigenvalue weighted by Gasteiger charge is 2.56. The van der Waals surface area contributed by atoms with E-state index in [-0.39, 0.29) is 5.41 Å². The number of benzene rings is 20. The van der Waals surface area contributed by atoms with Crippen LogP contribution in [-0.2, 0) is 16.2 Å². The van der Waals surface area contributed by atoms with Crippen LogP contribution in [0.2, 0.25) is 19.6 Å². The van der Waals surface area contributed by atoms with Gasteiger partial charge in [-0.25, -0.2) is 0 Å². The van der Waals surface area contributed by atoms with Gasteiger partial charge in [0.15, 0.2) is 11.2 Å². The van der Waals surface area contributed by atoms with E-state index in [1.807, 2.05) is 0 Å². The minimum Gasteiger partial charge on any atom is -0.454 e. The highest BCUT2D eigenvalue weighted by molar-refractivity contribution is 6.88. The van der Waals surface area contributed by atoms with Gasteiger partial charge < -0.3 is 28.4 Å². The molecule has 0 bridgehead atoms. The predicted molar refractivity (Wildman–Crippen MR) is 548 cm³/mol. The molecule has 0 atom stereocenters. The van der Waals surface area contributed by atoms with E-state index in [1.165, 1.54) is 104 Å². The number of rotatable bonds is 10. The highest BCUT2D eigenvalue weighted by atomic mass is 28.3. The zero-order valence-corrected chi connectivity index (χ0v) is 74.7. The van der Waals surface area contributed by atoms with E-state index < -0.39 is 18.9 Å². The summed E-state index contributed by atoms with van der Waals surface area (Å²) in [5.41, 5.74) is 35.1. The molecule has 6 nitrogen and oxygen atoms in total. The first-order valence-electron chi connectivity index (χ1n) is 45.6. The van der Waals surface area contributed by atoms with Crippen molar-refractivity contribution in [1.29, 1.82) is 0 Å². The summed E-state index contributed by atoms with van der Waals surface area (Å²) >= 11 is 0. The van der Waals surface area contributed by atoms with E-state index in [0.29, 0.717) is 0 Å². The van der Waals surface area contributed by atoms with Gasteiger partial charge in [0, 0.05) is 55.1 Å². The maximum Gasteiger partial charge on any atom is 0.159 e. The first kappa shape index (κ1) is 75.8. The molecular weight excluding hydrogens is 1590 g/mol. The average Bonchev–Trinajstić information content (AvgIpc) is 1.45. The summed E-state index contributed by atoms with van der Waals surface area (Å²) in [6.45, 7) is 18.5. The second-order valence-electron chi connectivity index (χ2n) is 38.2. The Morgan fingerprint density at radius 1 is 0.262 bits per heavy atom. The molecule has 0 saturated heterocycles. The molecule has 0 fully saturated rings. The standard InChI is InChI=1S/C123H90N4O2Si/c1-75-30-26-40-92-94-42-28-52-109(119(94)128-117(75)92)126(85-65-67-86(68-66-85)130(6,7)8)111-73-103-115(90-39-17-16-38-89(90)111)113-87-36-14-12-32-78(87)57-70-101(113)122(103)99-46-20-24-50-107(99)125(108-51-25-21-47-100(108)122)83-61-54-77(55-62-83)80-56-69-91-96(72-80)112(127(84-63-59-81(60-64-84)121(3,4)5)110-53-29-43-95-93-41-27-31-76(2)118(93)129-120(95)110)74-104-116(91)114-88-37-15-13-33-79(88)58-71-102(114)123(104)97-44-18-22-48-105(97)124(82-34-10-9-11-35-82)106-49-23-19-45-98(106)123/h9-74H,1-8H3. The molecule has 0 radical (unpaired) electrons. The first-order valence-corrected chi connectivity index (χ1v) is 49.1. The number of nitrogens with zero attached hydrogens (tertiary/aromatic N) is 4. The summed E-state index contributed by atoms with van der Waals surface area (Å²) in [5.74, 6) is 0. The van der Waals surface area contributed by atoms with Crippen LogP contribution in [0.1, 0.15) is 82.0 Å². The first-order chi connectivity index (χ1) is 63.6. The van der Waals surface area contributed by atoms with E-state index in [1.54, 1.807) is 0 Å². The largest absolute Gasteiger partial charge is 0.454 e. The lowest BCUT2D eigenvalue weighted by atomic mass is 9.64. The third kappa shape index (κ3) is 10.6. The van der Waals surface area contributed by atoms with Crippen LogP contribution < -0.4 is 24.8 Å². The molecule has 2 aliphatic carbocycles. The maximum atomic E-state index is 7.39. The maximum absolute atomic E-state index is 7.39. The average molecular weight is 1680 g/mol. The van der Waals surface area contributed by atoms with E-state index in [0.717, 1.165) is 151 Å². The molecule has 0 saturated carbocycles. The van der Waals surface area contributed by atoms with Gasteiger partial charge in [0.2, 0.25) is 0 Å². The predicted octanol–water partition coefficient (Wildman–Crippen LogP) is 33.5. The molecule has 2 aliphatic heterocycles. The van der Waals surface area contributed by atoms with Gasteiger partial charge in [-0.05, 0) is 249 Å². The summed E-state index contributed by atoms with van der Waals surface area (Å²) in [6.07, 6.45) is 0. The second-order valence-corrected chi connectivity index (χ2v) is 43.2. The van der Waals surface area contributed by atoms with E-state index in [2.05, 4.69) is 474 Å². The van der Waals surface area contributed by atoms with Gasteiger partial charge in [0.25, 0.3) is 0 Å². The van der Waals surface area contributed by atoms with Crippen molar-refractivity contribution < 1.29 is 8.83 Å². The monoisotopic (exact) mass is 1680 g/mol. The number of furan rings is 2. The van der Waals surface area contributed by atoms with Gasteiger partial charge in [0.05, 0.1) is 64.4 Å². The van der Waals surface area contributed by atoms with Crippen LogP contribution in [0.3, 0.4) is 0 Å². The van der Waals surface area contributed by atoms with Gasteiger partial charge in [-0.1, -0.05) is 343 Å². The number of fused-ring (bicyclic) bond motifs is 32. The van der Waals surface area contributed by atoms with Crippen LogP contribution >= 0.6 is 0 Å². The lowest BCUT2D eigenvalue weighted by Crippen LogP contribution is -2.37. The molecule has 4 heterocycles. The summed E-state index contributed by atoms with van der Waals surface area (Å²) in [6, 6.07) is 152. The highest BCUT2D eigenvalue weighted by Crippen LogP contribution is 2.70. The molecule has 4 aliphatic rings. The summed E-state index contributed by atoms with van der Waals surface area (Å²) < 4.78 is 14.6. The summed E-state index contributed by atoms with van der Waals surface area (Å²) in [4.78, 5) is 10.1. The van der Waals surface area contributed by atoms with Gasteiger partial charge in [-0.15, -0.1) is 0 Å². The minimum atomic E-state index is -1.73. The van der Waals surface area contributed by atoms with Crippen LogP contribution in [-0.4, -0.2) is 8.07 Å².